The van der Waals surface area contributed by atoms with Crippen LogP contribution in [0, 0.1) is 0 Å². The van der Waals surface area contributed by atoms with Gasteiger partial charge in [-0.15, -0.1) is 0 Å². The monoisotopic (exact) mass is 192 g/mol. The van der Waals surface area contributed by atoms with Crippen LogP contribution in [-0.2, 0) is 9.59 Å². The van der Waals surface area contributed by atoms with Crippen LogP contribution in [0.5, 0.6) is 0 Å². The fraction of sp³-hybridized carbons (Fsp3) is 0.667. The molecular weight excluding hydrogens is 180 g/mol. The number of aliphatic hydroxyl groups is 2. The van der Waals surface area contributed by atoms with Crippen LogP contribution in [0.1, 0.15) is 0 Å². The number of nitrogens with two attached hydrogens (primary N) is 1. The van der Waals surface area contributed by atoms with E-state index in [2.05, 4.69) is 5.32 Å². The van der Waals surface area contributed by atoms with E-state index in [1.807, 2.05) is 0 Å². The van der Waals surface area contributed by atoms with E-state index in [-0.39, 0.29) is 13.1 Å². The predicted molar refractivity (Wildman–Crippen MR) is 41.7 cm³/mol. The minimum atomic E-state index is -1.56. The van der Waals surface area contributed by atoms with E-state index in [4.69, 9.17) is 21.1 Å². The Kier molecular flexibility index (Phi) is 4.97. The van der Waals surface area contributed by atoms with E-state index in [0.29, 0.717) is 0 Å². The van der Waals surface area contributed by atoms with Gasteiger partial charge in [-0.3, -0.25) is 4.79 Å². The molecule has 13 heavy (non-hydrogen) atoms. The molecule has 0 aromatic rings. The Morgan fingerprint density at radius 3 is 2.08 bits per heavy atom. The van der Waals surface area contributed by atoms with Crippen LogP contribution in [0.2, 0.25) is 0 Å². The third-order valence-corrected chi connectivity index (χ3v) is 1.29. The molecule has 2 atom stereocenters. The van der Waals surface area contributed by atoms with Gasteiger partial charge in [0.2, 0.25) is 5.91 Å². The molecule has 0 spiro atoms. The summed E-state index contributed by atoms with van der Waals surface area (Å²) < 4.78 is 0. The van der Waals surface area contributed by atoms with Gasteiger partial charge in [-0.1, -0.05) is 0 Å². The number of aliphatic carboxylic acids is 1. The first-order chi connectivity index (χ1) is 5.95. The highest BCUT2D eigenvalue weighted by Gasteiger charge is 2.14. The van der Waals surface area contributed by atoms with E-state index < -0.39 is 24.1 Å². The lowest BCUT2D eigenvalue weighted by molar-refractivity contribution is -0.146. The number of carboxylic acids is 1. The van der Waals surface area contributed by atoms with Crippen LogP contribution in [0.4, 0.5) is 0 Å². The van der Waals surface area contributed by atoms with Crippen LogP contribution in [-0.4, -0.2) is 52.5 Å². The number of aliphatic hydroxyl groups excluding tert-OH is 2. The topological polar surface area (TPSA) is 133 Å². The first-order valence-corrected chi connectivity index (χ1v) is 3.54. The Morgan fingerprint density at radius 1 is 1.23 bits per heavy atom. The third-order valence-electron chi connectivity index (χ3n) is 1.29. The number of carboxylic acid groups (broad SMARTS) is 1. The van der Waals surface area contributed by atoms with Gasteiger partial charge in [0.15, 0.2) is 6.10 Å². The van der Waals surface area contributed by atoms with Gasteiger partial charge >= 0.3 is 5.97 Å². The standard InChI is InChI=1S/C6H12N2O5/c7-5(11)3(9)1-8-2-4(10)6(12)13/h3-4,8-10H,1-2H2,(H2,7,11)(H,12,13). The lowest BCUT2D eigenvalue weighted by Crippen LogP contribution is -2.41. The number of amides is 1. The number of nitrogens with one attached hydrogen (secondary N) is 1. The van der Waals surface area contributed by atoms with Crippen LogP contribution in [0.25, 0.3) is 0 Å². The molecule has 6 N–H and O–H groups in total. The highest BCUT2D eigenvalue weighted by Crippen LogP contribution is 1.81. The third kappa shape index (κ3) is 5.12. The number of carbonyl (C=O) groups excluding carboxylic acids is 1. The lowest BCUT2D eigenvalue weighted by Gasteiger charge is -2.09. The summed E-state index contributed by atoms with van der Waals surface area (Å²) in [7, 11) is 0. The second kappa shape index (κ2) is 5.46. The average Bonchev–Trinajstić information content (AvgIpc) is 2.03. The SMILES string of the molecule is NC(=O)C(O)CNCC(O)C(=O)O. The number of hydrogen-bond donors (Lipinski definition) is 5. The Balaban J connectivity index is 3.56. The number of primary amides is 1. The first kappa shape index (κ1) is 11.8. The maximum Gasteiger partial charge on any atom is 0.333 e. The van der Waals surface area contributed by atoms with Gasteiger partial charge < -0.3 is 26.4 Å². The van der Waals surface area contributed by atoms with Gasteiger partial charge in [0.05, 0.1) is 0 Å². The molecule has 0 fully saturated rings. The molecule has 0 bridgehead atoms. The average molecular weight is 192 g/mol. The highest BCUT2D eigenvalue weighted by atomic mass is 16.4. The minimum Gasteiger partial charge on any atom is -0.479 e. The van der Waals surface area contributed by atoms with Crippen molar-refractivity contribution < 1.29 is 24.9 Å². The summed E-state index contributed by atoms with van der Waals surface area (Å²) in [5, 5.41) is 28.1. The summed E-state index contributed by atoms with van der Waals surface area (Å²) in [6, 6.07) is 0. The molecule has 0 radical (unpaired) electrons. The zero-order valence-electron chi connectivity index (χ0n) is 6.80. The smallest absolute Gasteiger partial charge is 0.333 e. The molecule has 0 saturated carbocycles. The van der Waals surface area contributed by atoms with Crippen molar-refractivity contribution in [1.82, 2.24) is 5.32 Å². The Morgan fingerprint density at radius 2 is 1.69 bits per heavy atom. The summed E-state index contributed by atoms with van der Waals surface area (Å²) in [5.41, 5.74) is 4.70. The molecule has 0 aliphatic rings. The summed E-state index contributed by atoms with van der Waals surface area (Å²) in [6.07, 6.45) is -2.93. The van der Waals surface area contributed by atoms with E-state index in [9.17, 15) is 9.59 Å². The van der Waals surface area contributed by atoms with E-state index in [0.717, 1.165) is 0 Å². The summed E-state index contributed by atoms with van der Waals surface area (Å²) >= 11 is 0. The quantitative estimate of drug-likeness (QED) is 0.302. The molecule has 0 saturated heterocycles. The van der Waals surface area contributed by atoms with Gasteiger partial charge in [0, 0.05) is 13.1 Å². The van der Waals surface area contributed by atoms with Crippen molar-refractivity contribution in [2.75, 3.05) is 13.1 Å². The molecule has 0 aromatic carbocycles. The molecule has 7 nitrogen and oxygen atoms in total. The van der Waals surface area contributed by atoms with Gasteiger partial charge in [0.25, 0.3) is 0 Å². The van der Waals surface area contributed by atoms with Crippen molar-refractivity contribution in [2.24, 2.45) is 5.73 Å². The minimum absolute atomic E-state index is 0.181. The Bertz CT molecular complexity index is 175. The largest absolute Gasteiger partial charge is 0.479 e. The van der Waals surface area contributed by atoms with Crippen LogP contribution in [0.15, 0.2) is 0 Å². The van der Waals surface area contributed by atoms with E-state index in [1.165, 1.54) is 0 Å². The maximum absolute atomic E-state index is 10.3. The van der Waals surface area contributed by atoms with Crippen molar-refractivity contribution in [3.05, 3.63) is 0 Å². The van der Waals surface area contributed by atoms with Crippen molar-refractivity contribution in [3.8, 4) is 0 Å². The number of carbonyl (C=O) groups is 2. The molecule has 0 aliphatic heterocycles. The maximum atomic E-state index is 10.3. The van der Waals surface area contributed by atoms with Gasteiger partial charge in [-0.05, 0) is 0 Å². The fourth-order valence-corrected chi connectivity index (χ4v) is 0.545. The zero-order chi connectivity index (χ0) is 10.4. The summed E-state index contributed by atoms with van der Waals surface area (Å²) in [6.45, 7) is -0.431. The van der Waals surface area contributed by atoms with Crippen LogP contribution < -0.4 is 11.1 Å². The normalized spacial score (nSPS) is 14.9. The molecule has 2 unspecified atom stereocenters. The Labute approximate surface area is 74.2 Å². The second-order valence-electron chi connectivity index (χ2n) is 2.43. The van der Waals surface area contributed by atoms with E-state index >= 15 is 0 Å². The molecule has 7 heteroatoms. The van der Waals surface area contributed by atoms with Crippen molar-refractivity contribution in [1.29, 1.82) is 0 Å². The second-order valence-corrected chi connectivity index (χ2v) is 2.43. The molecule has 1 amide bonds. The number of rotatable bonds is 6. The fourth-order valence-electron chi connectivity index (χ4n) is 0.545. The zero-order valence-corrected chi connectivity index (χ0v) is 6.80. The van der Waals surface area contributed by atoms with Gasteiger partial charge in [-0.2, -0.15) is 0 Å². The van der Waals surface area contributed by atoms with Crippen LogP contribution in [0.3, 0.4) is 0 Å². The van der Waals surface area contributed by atoms with Crippen molar-refractivity contribution in [3.63, 3.8) is 0 Å². The first-order valence-electron chi connectivity index (χ1n) is 3.54. The number of hydrogen-bond acceptors (Lipinski definition) is 5. The van der Waals surface area contributed by atoms with E-state index in [1.54, 1.807) is 0 Å². The van der Waals surface area contributed by atoms with Crippen molar-refractivity contribution >= 4 is 11.9 Å². The van der Waals surface area contributed by atoms with Gasteiger partial charge in [0.1, 0.15) is 6.10 Å². The molecule has 0 aromatic heterocycles. The van der Waals surface area contributed by atoms with Crippen molar-refractivity contribution in [2.45, 2.75) is 12.2 Å². The molecule has 0 heterocycles. The summed E-state index contributed by atoms with van der Waals surface area (Å²) in [5.74, 6) is -2.28. The Hall–Kier alpha value is -1.18. The van der Waals surface area contributed by atoms with Gasteiger partial charge in [-0.25, -0.2) is 4.79 Å². The lowest BCUT2D eigenvalue weighted by atomic mass is 10.3. The molecule has 76 valence electrons. The van der Waals surface area contributed by atoms with Crippen LogP contribution >= 0.6 is 0 Å². The summed E-state index contributed by atoms with van der Waals surface area (Å²) in [4.78, 5) is 20.3. The highest BCUT2D eigenvalue weighted by molar-refractivity contribution is 5.78. The molecule has 0 rings (SSSR count). The molecule has 0 aliphatic carbocycles. The molecular formula is C6H12N2O5. The predicted octanol–water partition coefficient (Wildman–Crippen LogP) is -3.13.